The van der Waals surface area contributed by atoms with E-state index in [9.17, 15) is 18.5 Å². The summed E-state index contributed by atoms with van der Waals surface area (Å²) >= 11 is 0. The Morgan fingerprint density at radius 1 is 1.30 bits per heavy atom. The number of aryl methyl sites for hydroxylation is 1. The predicted octanol–water partition coefficient (Wildman–Crippen LogP) is 3.01. The van der Waals surface area contributed by atoms with Crippen molar-refractivity contribution in [2.45, 2.75) is 50.5 Å². The highest BCUT2D eigenvalue weighted by Gasteiger charge is 2.42. The van der Waals surface area contributed by atoms with Gasteiger partial charge in [0, 0.05) is 18.2 Å². The first-order valence-corrected chi connectivity index (χ1v) is 9.53. The van der Waals surface area contributed by atoms with Crippen molar-refractivity contribution >= 4 is 15.7 Å². The number of nitrogens with zero attached hydrogens (tertiary/aromatic N) is 1. The molecule has 4 atom stereocenters. The highest BCUT2D eigenvalue weighted by Crippen LogP contribution is 2.49. The number of hydrogen-bond acceptors (Lipinski definition) is 4. The SMILES string of the molecule is Cc1ccc([N+](=O)[O-])cc1S(=O)(=O)N[C@H](C)[C@@H]1C[C@H]2CC[C@H]1C2. The predicted molar refractivity (Wildman–Crippen MR) is 86.6 cm³/mol. The minimum atomic E-state index is -3.75. The quantitative estimate of drug-likeness (QED) is 0.660. The molecule has 23 heavy (non-hydrogen) atoms. The maximum Gasteiger partial charge on any atom is 0.270 e. The van der Waals surface area contributed by atoms with E-state index in [0.717, 1.165) is 18.4 Å². The summed E-state index contributed by atoms with van der Waals surface area (Å²) in [5.74, 6) is 1.74. The Hall–Kier alpha value is -1.47. The number of sulfonamides is 1. The van der Waals surface area contributed by atoms with E-state index in [4.69, 9.17) is 0 Å². The zero-order chi connectivity index (χ0) is 16.8. The fourth-order valence-corrected chi connectivity index (χ4v) is 5.85. The number of rotatable bonds is 5. The highest BCUT2D eigenvalue weighted by atomic mass is 32.2. The van der Waals surface area contributed by atoms with Gasteiger partial charge in [-0.3, -0.25) is 10.1 Å². The number of nitro groups is 1. The average molecular weight is 338 g/mol. The van der Waals surface area contributed by atoms with Crippen LogP contribution in [-0.4, -0.2) is 19.4 Å². The second kappa shape index (κ2) is 5.87. The van der Waals surface area contributed by atoms with Crippen molar-refractivity contribution in [1.29, 1.82) is 0 Å². The molecule has 0 radical (unpaired) electrons. The van der Waals surface area contributed by atoms with Crippen molar-refractivity contribution in [3.05, 3.63) is 33.9 Å². The Labute approximate surface area is 136 Å². The molecule has 126 valence electrons. The van der Waals surface area contributed by atoms with E-state index < -0.39 is 14.9 Å². The van der Waals surface area contributed by atoms with Crippen LogP contribution < -0.4 is 4.72 Å². The van der Waals surface area contributed by atoms with Gasteiger partial charge in [-0.05, 0) is 56.4 Å². The fourth-order valence-electron chi connectivity index (χ4n) is 4.29. The Kier molecular flexibility index (Phi) is 4.18. The molecule has 2 fully saturated rings. The molecule has 2 aliphatic rings. The van der Waals surface area contributed by atoms with Crippen LogP contribution in [0.5, 0.6) is 0 Å². The Morgan fingerprint density at radius 3 is 2.61 bits per heavy atom. The van der Waals surface area contributed by atoms with E-state index in [1.165, 1.54) is 31.4 Å². The third kappa shape index (κ3) is 3.12. The zero-order valence-corrected chi connectivity index (χ0v) is 14.2. The van der Waals surface area contributed by atoms with E-state index in [1.807, 2.05) is 6.92 Å². The van der Waals surface area contributed by atoms with Crippen molar-refractivity contribution in [3.8, 4) is 0 Å². The van der Waals surface area contributed by atoms with Crippen LogP contribution in [0.2, 0.25) is 0 Å². The average Bonchev–Trinajstić information content (AvgIpc) is 3.09. The lowest BCUT2D eigenvalue weighted by molar-refractivity contribution is -0.385. The molecule has 0 unspecified atom stereocenters. The first kappa shape index (κ1) is 16.4. The van der Waals surface area contributed by atoms with E-state index >= 15 is 0 Å². The topological polar surface area (TPSA) is 89.3 Å². The minimum absolute atomic E-state index is 0.00158. The summed E-state index contributed by atoms with van der Waals surface area (Å²) < 4.78 is 28.1. The van der Waals surface area contributed by atoms with Crippen LogP contribution in [0.15, 0.2) is 23.1 Å². The van der Waals surface area contributed by atoms with Gasteiger partial charge in [0.2, 0.25) is 10.0 Å². The number of nitrogens with one attached hydrogen (secondary N) is 1. The van der Waals surface area contributed by atoms with Gasteiger partial charge in [0.15, 0.2) is 0 Å². The molecule has 2 aliphatic carbocycles. The Bertz CT molecular complexity index is 732. The third-order valence-electron chi connectivity index (χ3n) is 5.45. The summed E-state index contributed by atoms with van der Waals surface area (Å²) in [5, 5.41) is 10.9. The lowest BCUT2D eigenvalue weighted by Crippen LogP contribution is -2.40. The third-order valence-corrected chi connectivity index (χ3v) is 7.15. The molecule has 6 nitrogen and oxygen atoms in total. The monoisotopic (exact) mass is 338 g/mol. The normalized spacial score (nSPS) is 28.0. The van der Waals surface area contributed by atoms with Crippen molar-refractivity contribution in [1.82, 2.24) is 4.72 Å². The smallest absolute Gasteiger partial charge is 0.258 e. The molecule has 1 aromatic rings. The summed E-state index contributed by atoms with van der Waals surface area (Å²) in [6.07, 6.45) is 4.76. The van der Waals surface area contributed by atoms with Gasteiger partial charge in [0.25, 0.3) is 5.69 Å². The molecule has 0 aromatic heterocycles. The van der Waals surface area contributed by atoms with Crippen LogP contribution in [0, 0.1) is 34.8 Å². The molecule has 1 N–H and O–H groups in total. The second-order valence-corrected chi connectivity index (χ2v) is 8.64. The fraction of sp³-hybridized carbons (Fsp3) is 0.625. The molecular formula is C16H22N2O4S. The van der Waals surface area contributed by atoms with Crippen LogP contribution in [-0.2, 0) is 10.0 Å². The summed E-state index contributed by atoms with van der Waals surface area (Å²) in [6.45, 7) is 3.57. The molecule has 0 spiro atoms. The van der Waals surface area contributed by atoms with Crippen LogP contribution in [0.4, 0.5) is 5.69 Å². The van der Waals surface area contributed by atoms with E-state index in [-0.39, 0.29) is 16.6 Å². The molecule has 0 saturated heterocycles. The first-order valence-electron chi connectivity index (χ1n) is 8.05. The molecular weight excluding hydrogens is 316 g/mol. The van der Waals surface area contributed by atoms with Crippen molar-refractivity contribution < 1.29 is 13.3 Å². The Morgan fingerprint density at radius 2 is 2.04 bits per heavy atom. The minimum Gasteiger partial charge on any atom is -0.258 e. The van der Waals surface area contributed by atoms with Crippen molar-refractivity contribution in [2.75, 3.05) is 0 Å². The van der Waals surface area contributed by atoms with Crippen LogP contribution in [0.1, 0.15) is 38.2 Å². The highest BCUT2D eigenvalue weighted by molar-refractivity contribution is 7.89. The summed E-state index contributed by atoms with van der Waals surface area (Å²) in [4.78, 5) is 10.3. The number of nitro benzene ring substituents is 1. The van der Waals surface area contributed by atoms with Gasteiger partial charge in [-0.15, -0.1) is 0 Å². The van der Waals surface area contributed by atoms with E-state index in [2.05, 4.69) is 4.72 Å². The molecule has 1 aromatic carbocycles. The summed E-state index contributed by atoms with van der Waals surface area (Å²) in [5.41, 5.74) is 0.312. The molecule has 2 saturated carbocycles. The molecule has 2 bridgehead atoms. The number of hydrogen-bond donors (Lipinski definition) is 1. The second-order valence-electron chi connectivity index (χ2n) is 6.96. The lowest BCUT2D eigenvalue weighted by Gasteiger charge is -2.28. The van der Waals surface area contributed by atoms with E-state index in [1.54, 1.807) is 6.92 Å². The van der Waals surface area contributed by atoms with Gasteiger partial charge in [-0.25, -0.2) is 13.1 Å². The van der Waals surface area contributed by atoms with E-state index in [0.29, 0.717) is 17.4 Å². The molecule has 0 aliphatic heterocycles. The largest absolute Gasteiger partial charge is 0.270 e. The van der Waals surface area contributed by atoms with Gasteiger partial charge in [0.1, 0.15) is 0 Å². The maximum absolute atomic E-state index is 12.7. The molecule has 3 rings (SSSR count). The van der Waals surface area contributed by atoms with Gasteiger partial charge >= 0.3 is 0 Å². The lowest BCUT2D eigenvalue weighted by atomic mass is 9.84. The standard InChI is InChI=1S/C16H22N2O4S/c1-10-3-6-14(18(19)20)9-16(10)23(21,22)17-11(2)15-8-12-4-5-13(15)7-12/h3,6,9,11-13,15,17H,4-5,7-8H2,1-2H3/t11-,12+,13+,15+/m1/s1. The van der Waals surface area contributed by atoms with Gasteiger partial charge in [-0.2, -0.15) is 0 Å². The van der Waals surface area contributed by atoms with Crippen LogP contribution in [0.25, 0.3) is 0 Å². The number of benzene rings is 1. The Balaban J connectivity index is 1.81. The van der Waals surface area contributed by atoms with Gasteiger partial charge < -0.3 is 0 Å². The molecule has 0 amide bonds. The maximum atomic E-state index is 12.7. The van der Waals surface area contributed by atoms with Gasteiger partial charge in [0.05, 0.1) is 9.82 Å². The van der Waals surface area contributed by atoms with Crippen molar-refractivity contribution in [2.24, 2.45) is 17.8 Å². The van der Waals surface area contributed by atoms with Crippen LogP contribution in [0.3, 0.4) is 0 Å². The summed E-state index contributed by atoms with van der Waals surface area (Å²) in [6, 6.07) is 3.81. The van der Waals surface area contributed by atoms with Gasteiger partial charge in [-0.1, -0.05) is 12.5 Å². The number of fused-ring (bicyclic) bond motifs is 2. The summed E-state index contributed by atoms with van der Waals surface area (Å²) in [7, 11) is -3.75. The zero-order valence-electron chi connectivity index (χ0n) is 13.4. The van der Waals surface area contributed by atoms with Crippen molar-refractivity contribution in [3.63, 3.8) is 0 Å². The molecule has 7 heteroatoms. The number of non-ortho nitro benzene ring substituents is 1. The first-order chi connectivity index (χ1) is 10.8. The van der Waals surface area contributed by atoms with Crippen LogP contribution >= 0.6 is 0 Å². The molecule has 0 heterocycles.